The number of pyridine rings is 1. The fraction of sp³-hybridized carbons (Fsp3) is 0.182. The molecule has 0 bridgehead atoms. The molecule has 3 aromatic heterocycles. The van der Waals surface area contributed by atoms with Crippen LogP contribution >= 0.6 is 15.9 Å². The van der Waals surface area contributed by atoms with Gasteiger partial charge in [0.1, 0.15) is 0 Å². The molecule has 1 aromatic carbocycles. The number of furan rings is 1. The minimum Gasteiger partial charge on any atom is -0.472 e. The number of carbonyl (C=O) groups excluding carboxylic acids is 1. The first-order valence-electron chi connectivity index (χ1n) is 9.22. The summed E-state index contributed by atoms with van der Waals surface area (Å²) in [7, 11) is 0. The minimum absolute atomic E-state index is 0.0142. The zero-order valence-corrected chi connectivity index (χ0v) is 16.9. The van der Waals surface area contributed by atoms with Gasteiger partial charge in [-0.3, -0.25) is 4.79 Å². The highest BCUT2D eigenvalue weighted by atomic mass is 79.9. The van der Waals surface area contributed by atoms with E-state index in [0.717, 1.165) is 22.0 Å². The lowest BCUT2D eigenvalue weighted by Crippen LogP contribution is -2.39. The second kappa shape index (κ2) is 6.63. The van der Waals surface area contributed by atoms with Crippen molar-refractivity contribution in [3.05, 3.63) is 82.5 Å². The number of hydrogen-bond acceptors (Lipinski definition) is 3. The number of nitrogens with zero attached hydrogens (tertiary/aromatic N) is 3. The summed E-state index contributed by atoms with van der Waals surface area (Å²) in [6, 6.07) is 14.0. The van der Waals surface area contributed by atoms with E-state index in [0.29, 0.717) is 12.2 Å². The highest BCUT2D eigenvalue weighted by molar-refractivity contribution is 9.10. The zero-order chi connectivity index (χ0) is 19.3. The third-order valence-electron chi connectivity index (χ3n) is 5.47. The Morgan fingerprint density at radius 1 is 1.25 bits per heavy atom. The van der Waals surface area contributed by atoms with Crippen molar-refractivity contribution in [2.24, 2.45) is 0 Å². The molecule has 0 spiro atoms. The second-order valence-electron chi connectivity index (χ2n) is 7.06. The van der Waals surface area contributed by atoms with E-state index >= 15 is 0 Å². The molecule has 5 nitrogen and oxygen atoms in total. The van der Waals surface area contributed by atoms with E-state index in [1.165, 1.54) is 16.7 Å². The van der Waals surface area contributed by atoms with Crippen molar-refractivity contribution in [1.29, 1.82) is 0 Å². The Morgan fingerprint density at radius 3 is 2.96 bits per heavy atom. The quantitative estimate of drug-likeness (QED) is 0.439. The molecule has 0 fully saturated rings. The molecule has 1 aliphatic heterocycles. The van der Waals surface area contributed by atoms with Crippen LogP contribution in [0.5, 0.6) is 0 Å². The van der Waals surface area contributed by atoms with E-state index < -0.39 is 0 Å². The van der Waals surface area contributed by atoms with E-state index in [4.69, 9.17) is 4.42 Å². The van der Waals surface area contributed by atoms with Crippen molar-refractivity contribution in [3.8, 4) is 11.1 Å². The summed E-state index contributed by atoms with van der Waals surface area (Å²) in [5, 5.41) is 4.48. The van der Waals surface area contributed by atoms with Crippen LogP contribution in [0.15, 0.2) is 70.1 Å². The third-order valence-corrected chi connectivity index (χ3v) is 5.94. The molecule has 5 rings (SSSR count). The van der Waals surface area contributed by atoms with Crippen LogP contribution in [0.1, 0.15) is 34.6 Å². The van der Waals surface area contributed by atoms with Gasteiger partial charge < -0.3 is 9.32 Å². The van der Waals surface area contributed by atoms with Gasteiger partial charge in [-0.2, -0.15) is 5.10 Å². The van der Waals surface area contributed by atoms with Crippen LogP contribution in [0.2, 0.25) is 0 Å². The van der Waals surface area contributed by atoms with Gasteiger partial charge in [-0.15, -0.1) is 0 Å². The van der Waals surface area contributed by atoms with Gasteiger partial charge in [-0.1, -0.05) is 18.2 Å². The maximum absolute atomic E-state index is 13.2. The number of amides is 1. The molecule has 1 atom stereocenters. The minimum atomic E-state index is -0.0355. The largest absolute Gasteiger partial charge is 0.472 e. The van der Waals surface area contributed by atoms with Gasteiger partial charge in [0.15, 0.2) is 5.69 Å². The third kappa shape index (κ3) is 2.76. The van der Waals surface area contributed by atoms with Crippen molar-refractivity contribution < 1.29 is 9.21 Å². The number of hydrogen-bond donors (Lipinski definition) is 0. The normalized spacial score (nSPS) is 16.4. The van der Waals surface area contributed by atoms with Crippen LogP contribution in [-0.2, 0) is 6.42 Å². The predicted molar refractivity (Wildman–Crippen MR) is 110 cm³/mol. The molecule has 0 radical (unpaired) electrons. The first-order chi connectivity index (χ1) is 13.6. The molecule has 140 valence electrons. The van der Waals surface area contributed by atoms with Gasteiger partial charge in [0.05, 0.1) is 24.1 Å². The smallest absolute Gasteiger partial charge is 0.274 e. The summed E-state index contributed by atoms with van der Waals surface area (Å²) in [4.78, 5) is 15.1. The average Bonchev–Trinajstić information content (AvgIpc) is 3.37. The van der Waals surface area contributed by atoms with Gasteiger partial charge in [-0.25, -0.2) is 4.52 Å². The van der Waals surface area contributed by atoms with Crippen molar-refractivity contribution in [2.75, 3.05) is 6.54 Å². The average molecular weight is 436 g/mol. The summed E-state index contributed by atoms with van der Waals surface area (Å²) in [5.74, 6) is -0.0355. The number of fused-ring (bicyclic) bond motifs is 2. The summed E-state index contributed by atoms with van der Waals surface area (Å²) in [6.07, 6.45) is 6.13. The van der Waals surface area contributed by atoms with E-state index in [1.54, 1.807) is 17.0 Å². The fourth-order valence-electron chi connectivity index (χ4n) is 4.05. The summed E-state index contributed by atoms with van der Waals surface area (Å²) in [5.41, 5.74) is 6.11. The van der Waals surface area contributed by atoms with Gasteiger partial charge in [-0.05, 0) is 70.2 Å². The van der Waals surface area contributed by atoms with Crippen LogP contribution < -0.4 is 0 Å². The monoisotopic (exact) mass is 435 g/mol. The lowest BCUT2D eigenvalue weighted by Gasteiger charge is -2.35. The summed E-state index contributed by atoms with van der Waals surface area (Å²) < 4.78 is 7.92. The molecule has 0 N–H and O–H groups in total. The first-order valence-corrected chi connectivity index (χ1v) is 10.0. The standard InChI is InChI=1S/C22H18BrN3O2/c1-14-18-3-2-4-19(15-8-10-28-13-15)20(18)7-9-25(14)22(27)21-11-17-6-5-16(23)12-26(17)24-21/h2-6,8,10-14H,7,9H2,1H3. The van der Waals surface area contributed by atoms with E-state index in [9.17, 15) is 4.79 Å². The maximum Gasteiger partial charge on any atom is 0.274 e. The summed E-state index contributed by atoms with van der Waals surface area (Å²) in [6.45, 7) is 2.75. The van der Waals surface area contributed by atoms with Crippen LogP contribution in [0.3, 0.4) is 0 Å². The fourth-order valence-corrected chi connectivity index (χ4v) is 4.37. The van der Waals surface area contributed by atoms with Gasteiger partial charge >= 0.3 is 0 Å². The van der Waals surface area contributed by atoms with Crippen molar-refractivity contribution >= 4 is 27.4 Å². The lowest BCUT2D eigenvalue weighted by molar-refractivity contribution is 0.0671. The topological polar surface area (TPSA) is 50.8 Å². The van der Waals surface area contributed by atoms with Gasteiger partial charge in [0.2, 0.25) is 0 Å². The molecule has 1 amide bonds. The molecule has 28 heavy (non-hydrogen) atoms. The maximum atomic E-state index is 13.2. The molecular weight excluding hydrogens is 418 g/mol. The Kier molecular flexibility index (Phi) is 4.09. The van der Waals surface area contributed by atoms with E-state index in [2.05, 4.69) is 40.1 Å². The van der Waals surface area contributed by atoms with Crippen LogP contribution in [0, 0.1) is 0 Å². The second-order valence-corrected chi connectivity index (χ2v) is 7.97. The Hall–Kier alpha value is -2.86. The molecule has 1 aliphatic rings. The molecule has 1 unspecified atom stereocenters. The zero-order valence-electron chi connectivity index (χ0n) is 15.3. The molecule has 6 heteroatoms. The van der Waals surface area contributed by atoms with Gasteiger partial charge in [0.25, 0.3) is 5.91 Å². The highest BCUT2D eigenvalue weighted by Gasteiger charge is 2.31. The van der Waals surface area contributed by atoms with Crippen molar-refractivity contribution in [1.82, 2.24) is 14.5 Å². The number of aromatic nitrogens is 2. The van der Waals surface area contributed by atoms with Crippen molar-refractivity contribution in [2.45, 2.75) is 19.4 Å². The molecule has 4 heterocycles. The first kappa shape index (κ1) is 17.3. The highest BCUT2D eigenvalue weighted by Crippen LogP contribution is 2.36. The lowest BCUT2D eigenvalue weighted by atomic mass is 9.87. The number of halogens is 1. The SMILES string of the molecule is CC1c2cccc(-c3ccoc3)c2CCN1C(=O)c1cc2ccc(Br)cn2n1. The summed E-state index contributed by atoms with van der Waals surface area (Å²) >= 11 is 3.44. The molecule has 0 aliphatic carbocycles. The Labute approximate surface area is 170 Å². The molecule has 4 aromatic rings. The molecular formula is C22H18BrN3O2. The van der Waals surface area contributed by atoms with E-state index in [-0.39, 0.29) is 11.9 Å². The number of rotatable bonds is 2. The Balaban J connectivity index is 1.49. The Morgan fingerprint density at radius 2 is 2.14 bits per heavy atom. The predicted octanol–water partition coefficient (Wildman–Crippen LogP) is 5.12. The van der Waals surface area contributed by atoms with Gasteiger partial charge in [0, 0.05) is 22.8 Å². The molecule has 0 saturated heterocycles. The van der Waals surface area contributed by atoms with Crippen LogP contribution in [0.4, 0.5) is 0 Å². The van der Waals surface area contributed by atoms with Crippen molar-refractivity contribution in [3.63, 3.8) is 0 Å². The Bertz CT molecular complexity index is 1180. The van der Waals surface area contributed by atoms with Crippen LogP contribution in [0.25, 0.3) is 16.6 Å². The number of benzene rings is 1. The molecule has 0 saturated carbocycles. The van der Waals surface area contributed by atoms with E-state index in [1.807, 2.05) is 41.4 Å². The number of carbonyl (C=O) groups is 1. The van der Waals surface area contributed by atoms with Crippen LogP contribution in [-0.4, -0.2) is 27.0 Å².